The monoisotopic (exact) mass is 217 g/mol. The summed E-state index contributed by atoms with van der Waals surface area (Å²) in [5.74, 6) is 0. The smallest absolute Gasteiger partial charge is 0.103 e. The highest BCUT2D eigenvalue weighted by molar-refractivity contribution is 5.40. The molecule has 0 spiro atoms. The van der Waals surface area contributed by atoms with Crippen LogP contribution < -0.4 is 5.32 Å². The summed E-state index contributed by atoms with van der Waals surface area (Å²) in [6.07, 6.45) is 4.43. The van der Waals surface area contributed by atoms with E-state index in [1.54, 1.807) is 0 Å². The van der Waals surface area contributed by atoms with Crippen molar-refractivity contribution in [2.75, 3.05) is 6.54 Å². The van der Waals surface area contributed by atoms with Crippen molar-refractivity contribution >= 4 is 0 Å². The van der Waals surface area contributed by atoms with E-state index in [0.717, 1.165) is 18.4 Å². The van der Waals surface area contributed by atoms with Crippen molar-refractivity contribution in [3.63, 3.8) is 0 Å². The van der Waals surface area contributed by atoms with Gasteiger partial charge in [0.05, 0.1) is 0 Å². The Hall–Kier alpha value is -0.860. The third-order valence-electron chi connectivity index (χ3n) is 3.84. The number of aryl methyl sites for hydroxylation is 2. The molecule has 2 aliphatic carbocycles. The Morgan fingerprint density at radius 2 is 2.25 bits per heavy atom. The molecule has 1 aromatic rings. The molecule has 0 bridgehead atoms. The molecule has 0 heterocycles. The highest BCUT2D eigenvalue weighted by Gasteiger charge is 2.37. The molecule has 1 unspecified atom stereocenters. The summed E-state index contributed by atoms with van der Waals surface area (Å²) in [5, 5.41) is 14.1. The van der Waals surface area contributed by atoms with E-state index < -0.39 is 5.60 Å². The Bertz CT molecular complexity index is 411. The predicted molar refractivity (Wildman–Crippen MR) is 64.4 cm³/mol. The second kappa shape index (κ2) is 3.57. The summed E-state index contributed by atoms with van der Waals surface area (Å²) in [6, 6.07) is 7.12. The molecule has 1 saturated carbocycles. The minimum atomic E-state index is -0.621. The van der Waals surface area contributed by atoms with E-state index in [2.05, 4.69) is 30.4 Å². The largest absolute Gasteiger partial charge is 0.384 e. The van der Waals surface area contributed by atoms with Crippen LogP contribution in [0.3, 0.4) is 0 Å². The first-order valence-electron chi connectivity index (χ1n) is 6.23. The zero-order valence-corrected chi connectivity index (χ0v) is 9.79. The van der Waals surface area contributed by atoms with Crippen LogP contribution in [-0.2, 0) is 12.0 Å². The van der Waals surface area contributed by atoms with Crippen LogP contribution >= 0.6 is 0 Å². The number of hydrogen-bond donors (Lipinski definition) is 2. The molecule has 0 amide bonds. The average molecular weight is 217 g/mol. The highest BCUT2D eigenvalue weighted by atomic mass is 16.3. The van der Waals surface area contributed by atoms with Gasteiger partial charge in [-0.2, -0.15) is 0 Å². The van der Waals surface area contributed by atoms with E-state index in [4.69, 9.17) is 0 Å². The predicted octanol–water partition coefficient (Wildman–Crippen LogP) is 1.88. The van der Waals surface area contributed by atoms with Gasteiger partial charge in [0.25, 0.3) is 0 Å². The number of hydrogen-bond acceptors (Lipinski definition) is 2. The van der Waals surface area contributed by atoms with E-state index in [1.807, 2.05) is 0 Å². The van der Waals surface area contributed by atoms with Gasteiger partial charge in [-0.25, -0.2) is 0 Å². The molecule has 2 aliphatic rings. The summed E-state index contributed by atoms with van der Waals surface area (Å²) in [4.78, 5) is 0. The zero-order chi connectivity index (χ0) is 11.2. The number of nitrogens with one attached hydrogen (secondary N) is 1. The van der Waals surface area contributed by atoms with Gasteiger partial charge in [-0.1, -0.05) is 23.8 Å². The first-order valence-corrected chi connectivity index (χ1v) is 6.23. The minimum Gasteiger partial charge on any atom is -0.384 e. The Labute approximate surface area is 96.7 Å². The van der Waals surface area contributed by atoms with Crippen LogP contribution in [0, 0.1) is 6.92 Å². The molecule has 1 fully saturated rings. The van der Waals surface area contributed by atoms with Gasteiger partial charge in [0, 0.05) is 12.6 Å². The molecule has 0 aliphatic heterocycles. The van der Waals surface area contributed by atoms with Crippen molar-refractivity contribution in [1.82, 2.24) is 5.32 Å². The van der Waals surface area contributed by atoms with Crippen LogP contribution in [0.25, 0.3) is 0 Å². The SMILES string of the molecule is Cc1ccc2c(c1)C(O)(CNC1CC1)CC2. The van der Waals surface area contributed by atoms with Gasteiger partial charge in [-0.05, 0) is 43.7 Å². The van der Waals surface area contributed by atoms with Crippen LogP contribution in [-0.4, -0.2) is 17.7 Å². The number of fused-ring (bicyclic) bond motifs is 1. The van der Waals surface area contributed by atoms with E-state index in [-0.39, 0.29) is 0 Å². The third-order valence-corrected chi connectivity index (χ3v) is 3.84. The van der Waals surface area contributed by atoms with Crippen molar-refractivity contribution in [3.05, 3.63) is 34.9 Å². The lowest BCUT2D eigenvalue weighted by molar-refractivity contribution is 0.0383. The molecule has 3 rings (SSSR count). The molecule has 1 aromatic carbocycles. The van der Waals surface area contributed by atoms with Crippen LogP contribution in [0.15, 0.2) is 18.2 Å². The van der Waals surface area contributed by atoms with Crippen LogP contribution in [0.2, 0.25) is 0 Å². The molecule has 2 heteroatoms. The number of rotatable bonds is 3. The lowest BCUT2D eigenvalue weighted by Gasteiger charge is -2.24. The highest BCUT2D eigenvalue weighted by Crippen LogP contribution is 2.37. The first-order chi connectivity index (χ1) is 7.67. The summed E-state index contributed by atoms with van der Waals surface area (Å²) < 4.78 is 0. The van der Waals surface area contributed by atoms with Crippen molar-refractivity contribution in [2.24, 2.45) is 0 Å². The van der Waals surface area contributed by atoms with Crippen LogP contribution in [0.4, 0.5) is 0 Å². The van der Waals surface area contributed by atoms with Gasteiger partial charge < -0.3 is 10.4 Å². The molecule has 86 valence electrons. The maximum atomic E-state index is 10.7. The van der Waals surface area contributed by atoms with Crippen molar-refractivity contribution in [1.29, 1.82) is 0 Å². The first kappa shape index (κ1) is 10.3. The van der Waals surface area contributed by atoms with Gasteiger partial charge >= 0.3 is 0 Å². The fraction of sp³-hybridized carbons (Fsp3) is 0.571. The van der Waals surface area contributed by atoms with Gasteiger partial charge in [0.15, 0.2) is 0 Å². The lowest BCUT2D eigenvalue weighted by Crippen LogP contribution is -2.37. The molecule has 0 radical (unpaired) electrons. The van der Waals surface area contributed by atoms with Crippen molar-refractivity contribution < 1.29 is 5.11 Å². The fourth-order valence-electron chi connectivity index (χ4n) is 2.60. The molecular formula is C14H19NO. The summed E-state index contributed by atoms with van der Waals surface area (Å²) >= 11 is 0. The topological polar surface area (TPSA) is 32.3 Å². The molecule has 2 N–H and O–H groups in total. The molecule has 0 aromatic heterocycles. The Balaban J connectivity index is 1.84. The average Bonchev–Trinajstić information content (AvgIpc) is 3.04. The maximum Gasteiger partial charge on any atom is 0.103 e. The van der Waals surface area contributed by atoms with Gasteiger partial charge in [-0.3, -0.25) is 0 Å². The lowest BCUT2D eigenvalue weighted by atomic mass is 9.94. The maximum absolute atomic E-state index is 10.7. The Kier molecular flexibility index (Phi) is 2.30. The summed E-state index contributed by atoms with van der Waals surface area (Å²) in [7, 11) is 0. The minimum absolute atomic E-state index is 0.621. The van der Waals surface area contributed by atoms with E-state index in [9.17, 15) is 5.11 Å². The van der Waals surface area contributed by atoms with Crippen LogP contribution in [0.5, 0.6) is 0 Å². The zero-order valence-electron chi connectivity index (χ0n) is 9.79. The van der Waals surface area contributed by atoms with Crippen molar-refractivity contribution in [3.8, 4) is 0 Å². The van der Waals surface area contributed by atoms with Gasteiger partial charge in [0.2, 0.25) is 0 Å². The standard InChI is InChI=1S/C14H19NO/c1-10-2-3-11-6-7-14(16,13(11)8-10)9-15-12-4-5-12/h2-3,8,12,15-16H,4-7,9H2,1H3. The van der Waals surface area contributed by atoms with E-state index in [0.29, 0.717) is 12.6 Å². The molecule has 1 atom stereocenters. The van der Waals surface area contributed by atoms with Gasteiger partial charge in [-0.15, -0.1) is 0 Å². The number of aliphatic hydroxyl groups is 1. The molecule has 16 heavy (non-hydrogen) atoms. The molecule has 0 saturated heterocycles. The van der Waals surface area contributed by atoms with Crippen LogP contribution in [0.1, 0.15) is 36.0 Å². The molecular weight excluding hydrogens is 198 g/mol. The Morgan fingerprint density at radius 1 is 1.44 bits per heavy atom. The summed E-state index contributed by atoms with van der Waals surface area (Å²) in [6.45, 7) is 2.81. The second-order valence-electron chi connectivity index (χ2n) is 5.35. The normalized spacial score (nSPS) is 28.1. The molecule has 2 nitrogen and oxygen atoms in total. The number of benzene rings is 1. The van der Waals surface area contributed by atoms with Gasteiger partial charge in [0.1, 0.15) is 5.60 Å². The summed E-state index contributed by atoms with van der Waals surface area (Å²) in [5.41, 5.74) is 3.10. The quantitative estimate of drug-likeness (QED) is 0.810. The second-order valence-corrected chi connectivity index (χ2v) is 5.35. The third kappa shape index (κ3) is 1.76. The van der Waals surface area contributed by atoms with E-state index >= 15 is 0 Å². The van der Waals surface area contributed by atoms with E-state index in [1.165, 1.54) is 24.0 Å². The Morgan fingerprint density at radius 3 is 3.00 bits per heavy atom. The fourth-order valence-corrected chi connectivity index (χ4v) is 2.60. The van der Waals surface area contributed by atoms with Crippen molar-refractivity contribution in [2.45, 2.75) is 44.2 Å².